The number of aromatic nitrogens is 1. The van der Waals surface area contributed by atoms with Crippen LogP contribution < -0.4 is 5.32 Å². The molecular weight excluding hydrogens is 334 g/mol. The Kier molecular flexibility index (Phi) is 4.49. The second kappa shape index (κ2) is 5.89. The maximum atomic E-state index is 11.9. The first-order chi connectivity index (χ1) is 10.1. The summed E-state index contributed by atoms with van der Waals surface area (Å²) in [6, 6.07) is 9.66. The quantitative estimate of drug-likeness (QED) is 0.504. The maximum Gasteiger partial charge on any atom is 0.360 e. The summed E-state index contributed by atoms with van der Waals surface area (Å²) in [6.07, 6.45) is 0. The van der Waals surface area contributed by atoms with Crippen molar-refractivity contribution in [2.75, 3.05) is 0 Å². The highest BCUT2D eigenvalue weighted by Crippen LogP contribution is 2.58. The van der Waals surface area contributed by atoms with Crippen LogP contribution in [0.4, 0.5) is 0 Å². The number of hydrogen-bond acceptors (Lipinski definition) is 4. The predicted molar refractivity (Wildman–Crippen MR) is 77.1 cm³/mol. The molecule has 0 saturated carbocycles. The molecule has 1 aromatic heterocycles. The lowest BCUT2D eigenvalue weighted by Gasteiger charge is -2.20. The first-order valence-electron chi connectivity index (χ1n) is 5.86. The van der Waals surface area contributed by atoms with Crippen LogP contribution in [0.2, 0.25) is 0 Å². The topological polar surface area (TPSA) is 157 Å². The van der Waals surface area contributed by atoms with Crippen LogP contribution in [0.5, 0.6) is 0 Å². The van der Waals surface area contributed by atoms with Crippen LogP contribution >= 0.6 is 15.2 Å². The molecule has 1 aromatic carbocycles. The van der Waals surface area contributed by atoms with Crippen molar-refractivity contribution in [3.63, 3.8) is 0 Å². The van der Waals surface area contributed by atoms with E-state index in [1.165, 1.54) is 6.07 Å². The molecule has 1 heterocycles. The van der Waals surface area contributed by atoms with Gasteiger partial charge in [-0.15, -0.1) is 0 Å². The molecule has 0 atom stereocenters. The van der Waals surface area contributed by atoms with Crippen LogP contribution in [0.3, 0.4) is 0 Å². The van der Waals surface area contributed by atoms with Crippen LogP contribution in [0.25, 0.3) is 10.9 Å². The molecule has 9 nitrogen and oxygen atoms in total. The third-order valence-corrected chi connectivity index (χ3v) is 6.07. The molecule has 11 heteroatoms. The second-order valence-corrected chi connectivity index (χ2v) is 8.21. The number of fused-ring (bicyclic) bond motifs is 1. The number of pyridine rings is 1. The fourth-order valence-corrected chi connectivity index (χ4v) is 3.89. The molecule has 0 bridgehead atoms. The molecule has 0 unspecified atom stereocenters. The first-order valence-corrected chi connectivity index (χ1v) is 9.22. The van der Waals surface area contributed by atoms with Crippen molar-refractivity contribution in [1.82, 2.24) is 10.3 Å². The lowest BCUT2D eigenvalue weighted by Crippen LogP contribution is -2.35. The molecule has 0 aliphatic heterocycles. The Morgan fingerprint density at radius 1 is 1.00 bits per heavy atom. The van der Waals surface area contributed by atoms with E-state index in [4.69, 9.17) is 19.6 Å². The molecule has 0 fully saturated rings. The number of hydrogen-bond donors (Lipinski definition) is 5. The molecule has 2 rings (SSSR count). The Morgan fingerprint density at radius 2 is 1.59 bits per heavy atom. The zero-order valence-electron chi connectivity index (χ0n) is 10.9. The zero-order chi connectivity index (χ0) is 16.5. The molecular formula is C11H12N2O7P2. The molecule has 1 amide bonds. The number of para-hydroxylation sites is 1. The van der Waals surface area contributed by atoms with E-state index in [1.54, 1.807) is 35.6 Å². The van der Waals surface area contributed by atoms with Crippen LogP contribution in [0.15, 0.2) is 36.4 Å². The minimum Gasteiger partial charge on any atom is -0.327 e. The van der Waals surface area contributed by atoms with Crippen LogP contribution in [0.1, 0.15) is 10.5 Å². The van der Waals surface area contributed by atoms with Gasteiger partial charge < -0.3 is 24.9 Å². The Balaban J connectivity index is 2.33. The number of carbonyl (C=O) groups is 1. The monoisotopic (exact) mass is 346 g/mol. The van der Waals surface area contributed by atoms with Crippen molar-refractivity contribution in [3.8, 4) is 0 Å². The van der Waals surface area contributed by atoms with Crippen molar-refractivity contribution < 1.29 is 33.5 Å². The van der Waals surface area contributed by atoms with Crippen molar-refractivity contribution in [2.45, 2.75) is 5.52 Å². The first kappa shape index (κ1) is 16.8. The lowest BCUT2D eigenvalue weighted by molar-refractivity contribution is 0.0943. The van der Waals surface area contributed by atoms with Crippen molar-refractivity contribution in [2.24, 2.45) is 0 Å². The number of carbonyl (C=O) groups excluding carboxylic acids is 1. The predicted octanol–water partition coefficient (Wildman–Crippen LogP) is 0.604. The molecule has 0 radical (unpaired) electrons. The van der Waals surface area contributed by atoms with E-state index in [1.807, 2.05) is 0 Å². The van der Waals surface area contributed by atoms with Gasteiger partial charge in [-0.25, -0.2) is 4.98 Å². The molecule has 5 N–H and O–H groups in total. The Hall–Kier alpha value is -1.60. The van der Waals surface area contributed by atoms with Gasteiger partial charge in [-0.1, -0.05) is 24.3 Å². The van der Waals surface area contributed by atoms with E-state index >= 15 is 0 Å². The minimum absolute atomic E-state index is 0.217. The van der Waals surface area contributed by atoms with Crippen molar-refractivity contribution in [3.05, 3.63) is 42.1 Å². The second-order valence-electron chi connectivity index (χ2n) is 4.41. The van der Waals surface area contributed by atoms with E-state index in [2.05, 4.69) is 4.98 Å². The lowest BCUT2D eigenvalue weighted by atomic mass is 10.2. The Labute approximate surface area is 124 Å². The minimum atomic E-state index is -5.24. The van der Waals surface area contributed by atoms with Gasteiger partial charge in [0.1, 0.15) is 5.69 Å². The third kappa shape index (κ3) is 3.78. The van der Waals surface area contributed by atoms with Gasteiger partial charge in [0.2, 0.25) is 5.52 Å². The van der Waals surface area contributed by atoms with E-state index < -0.39 is 26.6 Å². The molecule has 2 aromatic rings. The summed E-state index contributed by atoms with van der Waals surface area (Å²) in [5, 5.41) is 2.39. The van der Waals surface area contributed by atoms with Crippen molar-refractivity contribution >= 4 is 32.0 Å². The summed E-state index contributed by atoms with van der Waals surface area (Å²) in [6.45, 7) is 0. The van der Waals surface area contributed by atoms with Gasteiger partial charge >= 0.3 is 15.2 Å². The van der Waals surface area contributed by atoms with E-state index in [-0.39, 0.29) is 5.69 Å². The average molecular weight is 346 g/mol. The highest BCUT2D eigenvalue weighted by molar-refractivity contribution is 7.70. The summed E-state index contributed by atoms with van der Waals surface area (Å²) in [4.78, 5) is 51.8. The fourth-order valence-electron chi connectivity index (χ4n) is 1.75. The van der Waals surface area contributed by atoms with E-state index in [0.29, 0.717) is 5.52 Å². The van der Waals surface area contributed by atoms with E-state index in [9.17, 15) is 13.9 Å². The molecule has 0 spiro atoms. The van der Waals surface area contributed by atoms with Gasteiger partial charge in [0.05, 0.1) is 5.52 Å². The van der Waals surface area contributed by atoms with Crippen LogP contribution in [-0.2, 0) is 9.13 Å². The molecule has 118 valence electrons. The van der Waals surface area contributed by atoms with Gasteiger partial charge in [0.15, 0.2) is 0 Å². The van der Waals surface area contributed by atoms with Crippen LogP contribution in [-0.4, -0.2) is 36.0 Å². The molecule has 0 aliphatic carbocycles. The summed E-state index contributed by atoms with van der Waals surface area (Å²) >= 11 is 0. The number of nitrogens with one attached hydrogen (secondary N) is 1. The SMILES string of the molecule is O=C(NC(P(=O)(O)O)P(=O)(O)O)c1ccc2ccccc2n1. The van der Waals surface area contributed by atoms with Crippen LogP contribution in [0, 0.1) is 0 Å². The number of rotatable bonds is 4. The zero-order valence-corrected chi connectivity index (χ0v) is 12.7. The molecule has 0 aliphatic rings. The maximum absolute atomic E-state index is 11.9. The Morgan fingerprint density at radius 3 is 2.18 bits per heavy atom. The van der Waals surface area contributed by atoms with Gasteiger partial charge in [-0.05, 0) is 12.1 Å². The van der Waals surface area contributed by atoms with Gasteiger partial charge in [-0.3, -0.25) is 13.9 Å². The summed E-state index contributed by atoms with van der Waals surface area (Å²) < 4.78 is 22.2. The largest absolute Gasteiger partial charge is 0.360 e. The molecule has 22 heavy (non-hydrogen) atoms. The summed E-state index contributed by atoms with van der Waals surface area (Å²) in [7, 11) is -10.5. The van der Waals surface area contributed by atoms with Gasteiger partial charge in [0.25, 0.3) is 5.91 Å². The highest BCUT2D eigenvalue weighted by Gasteiger charge is 2.44. The number of amides is 1. The average Bonchev–Trinajstić information content (AvgIpc) is 2.41. The fraction of sp³-hybridized carbons (Fsp3) is 0.0909. The van der Waals surface area contributed by atoms with Gasteiger partial charge in [-0.2, -0.15) is 0 Å². The Bertz CT molecular complexity index is 791. The molecule has 0 saturated heterocycles. The summed E-state index contributed by atoms with van der Waals surface area (Å²) in [5.41, 5.74) is -2.37. The van der Waals surface area contributed by atoms with E-state index in [0.717, 1.165) is 5.39 Å². The van der Waals surface area contributed by atoms with Gasteiger partial charge in [0, 0.05) is 5.39 Å². The standard InChI is InChI=1S/C11H12N2O7P2/c14-10(13-11(21(15,16)17)22(18,19)20)9-6-5-7-3-1-2-4-8(7)12-9/h1-6,11H,(H,13,14)(H2,15,16,17)(H2,18,19,20). The number of nitrogens with zero attached hydrogens (tertiary/aromatic N) is 1. The third-order valence-electron chi connectivity index (χ3n) is 2.73. The van der Waals surface area contributed by atoms with Crippen molar-refractivity contribution in [1.29, 1.82) is 0 Å². The smallest absolute Gasteiger partial charge is 0.327 e. The highest BCUT2D eigenvalue weighted by atomic mass is 31.2. The number of benzene rings is 1. The summed E-state index contributed by atoms with van der Waals surface area (Å²) in [5.74, 6) is -1.09. The normalized spacial score (nSPS) is 12.6.